The van der Waals surface area contributed by atoms with E-state index in [1.54, 1.807) is 42.5 Å². The smallest absolute Gasteiger partial charge is 0.229 e. The monoisotopic (exact) mass is 455 g/mol. The minimum absolute atomic E-state index is 0.137. The molecule has 0 saturated heterocycles. The van der Waals surface area contributed by atoms with E-state index in [0.717, 1.165) is 0 Å². The predicted octanol–water partition coefficient (Wildman–Crippen LogP) is 4.38. The first kappa shape index (κ1) is 22.2. The third-order valence-electron chi connectivity index (χ3n) is 4.10. The second kappa shape index (κ2) is 9.55. The van der Waals surface area contributed by atoms with Crippen LogP contribution in [-0.4, -0.2) is 25.2 Å². The summed E-state index contributed by atoms with van der Waals surface area (Å²) in [5.41, 5.74) is 3.67. The summed E-state index contributed by atoms with van der Waals surface area (Å²) in [5.74, 6) is -1.04. The van der Waals surface area contributed by atoms with Crippen molar-refractivity contribution in [2.24, 2.45) is 5.10 Å². The standard InChI is InChI=1S/C22H18ClN3O4S/c1-15(27)24-18-11-13-20(14-12-18)31(29,30)22(21(28)16-5-3-2-4-6-16)26-25-19-9-7-17(23)8-10-19/h2-14,25H,1H3,(H,24,27)/b26-22-. The lowest BCUT2D eigenvalue weighted by Crippen LogP contribution is -2.26. The summed E-state index contributed by atoms with van der Waals surface area (Å²) in [5, 5.41) is 6.33. The minimum Gasteiger partial charge on any atom is -0.326 e. The second-order valence-electron chi connectivity index (χ2n) is 6.44. The molecule has 2 N–H and O–H groups in total. The van der Waals surface area contributed by atoms with Crippen molar-refractivity contribution in [3.8, 4) is 0 Å². The van der Waals surface area contributed by atoms with Crippen LogP contribution in [0, 0.1) is 0 Å². The van der Waals surface area contributed by atoms with Crippen LogP contribution in [0.2, 0.25) is 5.02 Å². The molecule has 0 heterocycles. The van der Waals surface area contributed by atoms with E-state index in [1.165, 1.54) is 43.3 Å². The number of rotatable bonds is 6. The maximum Gasteiger partial charge on any atom is 0.229 e. The third kappa shape index (κ3) is 5.56. The molecule has 0 aliphatic carbocycles. The highest BCUT2D eigenvalue weighted by atomic mass is 35.5. The van der Waals surface area contributed by atoms with Gasteiger partial charge in [-0.2, -0.15) is 5.10 Å². The van der Waals surface area contributed by atoms with Crippen molar-refractivity contribution in [2.45, 2.75) is 11.8 Å². The highest BCUT2D eigenvalue weighted by molar-refractivity contribution is 8.08. The van der Waals surface area contributed by atoms with Gasteiger partial charge in [0.1, 0.15) is 0 Å². The zero-order valence-corrected chi connectivity index (χ0v) is 17.9. The van der Waals surface area contributed by atoms with Gasteiger partial charge in [-0.3, -0.25) is 15.0 Å². The Bertz CT molecular complexity index is 1220. The number of carbonyl (C=O) groups is 2. The van der Waals surface area contributed by atoms with Crippen molar-refractivity contribution in [3.05, 3.63) is 89.4 Å². The number of amides is 1. The van der Waals surface area contributed by atoms with Crippen molar-refractivity contribution in [2.75, 3.05) is 10.7 Å². The summed E-state index contributed by atoms with van der Waals surface area (Å²) < 4.78 is 26.5. The SMILES string of the molecule is CC(=O)Nc1ccc(S(=O)(=O)/C(=N\Nc2ccc(Cl)cc2)C(=O)c2ccccc2)cc1. The van der Waals surface area contributed by atoms with E-state index in [0.29, 0.717) is 16.4 Å². The first-order valence-corrected chi connectivity index (χ1v) is 11.0. The Morgan fingerprint density at radius 2 is 1.42 bits per heavy atom. The van der Waals surface area contributed by atoms with Crippen LogP contribution < -0.4 is 10.7 Å². The number of sulfone groups is 1. The average molecular weight is 456 g/mol. The number of Topliss-reactive ketones (excluding diaryl/α,β-unsaturated/α-hetero) is 1. The van der Waals surface area contributed by atoms with Crippen LogP contribution >= 0.6 is 11.6 Å². The van der Waals surface area contributed by atoms with Gasteiger partial charge in [0.2, 0.25) is 26.6 Å². The number of halogens is 1. The fourth-order valence-electron chi connectivity index (χ4n) is 2.62. The van der Waals surface area contributed by atoms with E-state index in [4.69, 9.17) is 11.6 Å². The van der Waals surface area contributed by atoms with Crippen LogP contribution in [0.5, 0.6) is 0 Å². The lowest BCUT2D eigenvalue weighted by molar-refractivity contribution is -0.114. The molecule has 7 nitrogen and oxygen atoms in total. The average Bonchev–Trinajstić information content (AvgIpc) is 2.75. The Labute approximate surface area is 184 Å². The lowest BCUT2D eigenvalue weighted by Gasteiger charge is -2.10. The predicted molar refractivity (Wildman–Crippen MR) is 121 cm³/mol. The van der Waals surface area contributed by atoms with E-state index < -0.39 is 20.7 Å². The normalized spacial score (nSPS) is 11.6. The van der Waals surface area contributed by atoms with Gasteiger partial charge in [-0.25, -0.2) is 8.42 Å². The molecular weight excluding hydrogens is 438 g/mol. The number of carbonyl (C=O) groups excluding carboxylic acids is 2. The number of hydrogen-bond donors (Lipinski definition) is 2. The molecule has 3 rings (SSSR count). The van der Waals surface area contributed by atoms with Gasteiger partial charge in [-0.1, -0.05) is 41.9 Å². The molecule has 0 unspecified atom stereocenters. The van der Waals surface area contributed by atoms with Gasteiger partial charge in [0, 0.05) is 23.2 Å². The first-order chi connectivity index (χ1) is 14.8. The van der Waals surface area contributed by atoms with E-state index in [9.17, 15) is 18.0 Å². The molecule has 0 radical (unpaired) electrons. The Kier molecular flexibility index (Phi) is 6.84. The Balaban J connectivity index is 2.01. The molecule has 31 heavy (non-hydrogen) atoms. The van der Waals surface area contributed by atoms with Crippen molar-refractivity contribution < 1.29 is 18.0 Å². The summed E-state index contributed by atoms with van der Waals surface area (Å²) in [7, 11) is -4.27. The van der Waals surface area contributed by atoms with Crippen molar-refractivity contribution in [1.29, 1.82) is 0 Å². The van der Waals surface area contributed by atoms with E-state index in [1.807, 2.05) is 0 Å². The van der Waals surface area contributed by atoms with Crippen LogP contribution in [0.25, 0.3) is 0 Å². The molecule has 0 saturated carbocycles. The van der Waals surface area contributed by atoms with E-state index in [-0.39, 0.29) is 16.4 Å². The highest BCUT2D eigenvalue weighted by Gasteiger charge is 2.30. The van der Waals surface area contributed by atoms with Crippen LogP contribution in [-0.2, 0) is 14.6 Å². The number of anilines is 2. The number of ketones is 1. The topological polar surface area (TPSA) is 105 Å². The third-order valence-corrected chi connectivity index (χ3v) is 6.03. The molecule has 0 atom stereocenters. The second-order valence-corrected chi connectivity index (χ2v) is 8.74. The zero-order valence-electron chi connectivity index (χ0n) is 16.4. The van der Waals surface area contributed by atoms with Crippen molar-refractivity contribution in [3.63, 3.8) is 0 Å². The zero-order chi connectivity index (χ0) is 22.4. The van der Waals surface area contributed by atoms with E-state index in [2.05, 4.69) is 15.8 Å². The summed E-state index contributed by atoms with van der Waals surface area (Å²) in [6, 6.07) is 19.9. The molecule has 0 aliphatic heterocycles. The molecular formula is C22H18ClN3O4S. The molecule has 0 aliphatic rings. The van der Waals surface area contributed by atoms with Gasteiger partial charge in [0.15, 0.2) is 0 Å². The molecule has 0 bridgehead atoms. The maximum absolute atomic E-state index is 13.3. The summed E-state index contributed by atoms with van der Waals surface area (Å²) in [4.78, 5) is 24.1. The summed E-state index contributed by atoms with van der Waals surface area (Å²) in [6.07, 6.45) is 0. The molecule has 3 aromatic carbocycles. The number of hydrazone groups is 1. The fraction of sp³-hybridized carbons (Fsp3) is 0.0455. The largest absolute Gasteiger partial charge is 0.326 e. The van der Waals surface area contributed by atoms with Gasteiger partial charge in [-0.05, 0) is 48.5 Å². The number of nitrogens with one attached hydrogen (secondary N) is 2. The molecule has 9 heteroatoms. The molecule has 0 aromatic heterocycles. The Hall–Kier alpha value is -3.49. The first-order valence-electron chi connectivity index (χ1n) is 9.09. The molecule has 158 valence electrons. The molecule has 0 fully saturated rings. The van der Waals surface area contributed by atoms with Gasteiger partial charge in [0.05, 0.1) is 10.6 Å². The molecule has 0 spiro atoms. The fourth-order valence-corrected chi connectivity index (χ4v) is 3.99. The van der Waals surface area contributed by atoms with Crippen molar-refractivity contribution in [1.82, 2.24) is 0 Å². The molecule has 3 aromatic rings. The number of nitrogens with zero attached hydrogens (tertiary/aromatic N) is 1. The maximum atomic E-state index is 13.3. The number of hydrogen-bond acceptors (Lipinski definition) is 6. The molecule has 1 amide bonds. The van der Waals surface area contributed by atoms with Crippen LogP contribution in [0.4, 0.5) is 11.4 Å². The van der Waals surface area contributed by atoms with Gasteiger partial charge in [0.25, 0.3) is 0 Å². The highest BCUT2D eigenvalue weighted by Crippen LogP contribution is 2.20. The number of benzene rings is 3. The van der Waals surface area contributed by atoms with Crippen LogP contribution in [0.3, 0.4) is 0 Å². The van der Waals surface area contributed by atoms with Gasteiger partial charge in [-0.15, -0.1) is 0 Å². The summed E-state index contributed by atoms with van der Waals surface area (Å²) >= 11 is 5.86. The van der Waals surface area contributed by atoms with Gasteiger partial charge >= 0.3 is 0 Å². The van der Waals surface area contributed by atoms with Gasteiger partial charge < -0.3 is 5.32 Å². The Morgan fingerprint density at radius 1 is 0.839 bits per heavy atom. The van der Waals surface area contributed by atoms with Crippen LogP contribution in [0.1, 0.15) is 17.3 Å². The van der Waals surface area contributed by atoms with Crippen molar-refractivity contribution >= 4 is 49.5 Å². The lowest BCUT2D eigenvalue weighted by atomic mass is 10.1. The van der Waals surface area contributed by atoms with Crippen LogP contribution in [0.15, 0.2) is 88.9 Å². The quantitative estimate of drug-likeness (QED) is 0.248. The summed E-state index contributed by atoms with van der Waals surface area (Å²) in [6.45, 7) is 1.34. The minimum atomic E-state index is -4.27. The van der Waals surface area contributed by atoms with E-state index >= 15 is 0 Å². The Morgan fingerprint density at radius 3 is 2.00 bits per heavy atom.